The Balaban J connectivity index is 3.10. The number of carbonyl (C=O) groups excluding carboxylic acids is 2. The van der Waals surface area contributed by atoms with Crippen molar-refractivity contribution in [3.8, 4) is 6.07 Å². The van der Waals surface area contributed by atoms with Crippen LogP contribution in [0.5, 0.6) is 0 Å². The van der Waals surface area contributed by atoms with Crippen LogP contribution in [0.2, 0.25) is 0 Å². The first kappa shape index (κ1) is 13.4. The fourth-order valence-corrected chi connectivity index (χ4v) is 1.82. The van der Waals surface area contributed by atoms with Gasteiger partial charge in [-0.3, -0.25) is 9.59 Å². The van der Waals surface area contributed by atoms with Gasteiger partial charge in [-0.15, -0.1) is 0 Å². The molecular weight excluding hydrogens is 286 g/mol. The molecule has 5 heteroatoms. The maximum atomic E-state index is 11.3. The number of hydrogen-bond acceptors (Lipinski definition) is 4. The van der Waals surface area contributed by atoms with E-state index in [0.29, 0.717) is 34.1 Å². The summed E-state index contributed by atoms with van der Waals surface area (Å²) in [4.78, 5) is 22.2. The van der Waals surface area contributed by atoms with Gasteiger partial charge in [-0.05, 0) is 40.5 Å². The number of hydrogen-bond donors (Lipinski definition) is 0. The van der Waals surface area contributed by atoms with Crippen molar-refractivity contribution in [1.82, 2.24) is 0 Å². The van der Waals surface area contributed by atoms with Crippen molar-refractivity contribution in [3.05, 3.63) is 33.3 Å². The molecule has 0 N–H and O–H groups in total. The lowest BCUT2D eigenvalue weighted by molar-refractivity contribution is -0.142. The van der Waals surface area contributed by atoms with E-state index >= 15 is 0 Å². The summed E-state index contributed by atoms with van der Waals surface area (Å²) in [6.07, 6.45) is 0.671. The van der Waals surface area contributed by atoms with Gasteiger partial charge in [0.1, 0.15) is 0 Å². The fourth-order valence-electron chi connectivity index (χ4n) is 1.36. The summed E-state index contributed by atoms with van der Waals surface area (Å²) in [7, 11) is 0. The molecular formula is C12H10BrNO3. The van der Waals surface area contributed by atoms with Crippen LogP contribution < -0.4 is 0 Å². The first-order valence-electron chi connectivity index (χ1n) is 4.95. The van der Waals surface area contributed by atoms with E-state index < -0.39 is 0 Å². The van der Waals surface area contributed by atoms with Gasteiger partial charge in [0.15, 0.2) is 6.29 Å². The molecule has 0 aromatic heterocycles. The standard InChI is InChI=1S/C12H10BrNO3/c1-2-17-11(16)5-9-3-8(6-14)4-10(7-15)12(9)13/h3-4,7H,2,5H2,1H3. The molecule has 0 aliphatic carbocycles. The molecule has 17 heavy (non-hydrogen) atoms. The topological polar surface area (TPSA) is 67.2 Å². The highest BCUT2D eigenvalue weighted by Crippen LogP contribution is 2.23. The van der Waals surface area contributed by atoms with E-state index in [4.69, 9.17) is 10.00 Å². The number of ether oxygens (including phenoxy) is 1. The Kier molecular flexibility index (Phi) is 4.85. The third-order valence-corrected chi connectivity index (χ3v) is 3.04. The molecule has 0 saturated carbocycles. The second kappa shape index (κ2) is 6.16. The van der Waals surface area contributed by atoms with Crippen LogP contribution in [-0.4, -0.2) is 18.9 Å². The van der Waals surface area contributed by atoms with Crippen molar-refractivity contribution < 1.29 is 14.3 Å². The Hall–Kier alpha value is -1.67. The predicted molar refractivity (Wildman–Crippen MR) is 64.6 cm³/mol. The maximum Gasteiger partial charge on any atom is 0.310 e. The highest BCUT2D eigenvalue weighted by molar-refractivity contribution is 9.10. The summed E-state index contributed by atoms with van der Waals surface area (Å²) in [5, 5.41) is 8.81. The molecule has 0 aliphatic heterocycles. The molecule has 4 nitrogen and oxygen atoms in total. The van der Waals surface area contributed by atoms with E-state index in [9.17, 15) is 9.59 Å². The summed E-state index contributed by atoms with van der Waals surface area (Å²) in [5.41, 5.74) is 1.27. The number of nitrogens with zero attached hydrogens (tertiary/aromatic N) is 1. The summed E-state index contributed by atoms with van der Waals surface area (Å²) >= 11 is 3.24. The zero-order valence-corrected chi connectivity index (χ0v) is 10.8. The molecule has 1 aromatic rings. The molecule has 0 atom stereocenters. The normalized spacial score (nSPS) is 9.47. The monoisotopic (exact) mass is 295 g/mol. The van der Waals surface area contributed by atoms with Crippen LogP contribution in [0.25, 0.3) is 0 Å². The second-order valence-corrected chi connectivity index (χ2v) is 4.04. The van der Waals surface area contributed by atoms with Crippen LogP contribution in [0.3, 0.4) is 0 Å². The molecule has 0 aliphatic rings. The average Bonchev–Trinajstić information content (AvgIpc) is 2.32. The fraction of sp³-hybridized carbons (Fsp3) is 0.250. The highest BCUT2D eigenvalue weighted by Gasteiger charge is 2.12. The van der Waals surface area contributed by atoms with Crippen molar-refractivity contribution in [2.24, 2.45) is 0 Å². The Morgan fingerprint density at radius 3 is 2.82 bits per heavy atom. The summed E-state index contributed by atoms with van der Waals surface area (Å²) < 4.78 is 5.34. The number of aldehydes is 1. The van der Waals surface area contributed by atoms with E-state index in [1.807, 2.05) is 6.07 Å². The first-order chi connectivity index (χ1) is 8.12. The predicted octanol–water partition coefficient (Wildman–Crippen LogP) is 2.24. The largest absolute Gasteiger partial charge is 0.466 e. The van der Waals surface area contributed by atoms with Gasteiger partial charge in [-0.1, -0.05) is 0 Å². The number of benzene rings is 1. The van der Waals surface area contributed by atoms with Gasteiger partial charge in [0.25, 0.3) is 0 Å². The van der Waals surface area contributed by atoms with Gasteiger partial charge in [0.05, 0.1) is 24.7 Å². The minimum absolute atomic E-state index is 0.0325. The molecule has 0 saturated heterocycles. The third-order valence-electron chi connectivity index (χ3n) is 2.07. The number of esters is 1. The second-order valence-electron chi connectivity index (χ2n) is 3.25. The van der Waals surface area contributed by atoms with Crippen LogP contribution in [0, 0.1) is 11.3 Å². The van der Waals surface area contributed by atoms with Crippen LogP contribution >= 0.6 is 15.9 Å². The molecule has 0 heterocycles. The lowest BCUT2D eigenvalue weighted by Crippen LogP contribution is -2.08. The number of carbonyl (C=O) groups is 2. The lowest BCUT2D eigenvalue weighted by Gasteiger charge is -2.07. The molecule has 88 valence electrons. The van der Waals surface area contributed by atoms with E-state index in [0.717, 1.165) is 0 Å². The molecule has 0 radical (unpaired) electrons. The Morgan fingerprint density at radius 2 is 2.29 bits per heavy atom. The van der Waals surface area contributed by atoms with Crippen LogP contribution in [0.1, 0.15) is 28.4 Å². The Labute approximate surface area is 107 Å². The van der Waals surface area contributed by atoms with Gasteiger partial charge >= 0.3 is 5.97 Å². The molecule has 0 unspecified atom stereocenters. The van der Waals surface area contributed by atoms with Crippen LogP contribution in [0.15, 0.2) is 16.6 Å². The quantitative estimate of drug-likeness (QED) is 0.631. The summed E-state index contributed by atoms with van der Waals surface area (Å²) in [6, 6.07) is 4.97. The van der Waals surface area contributed by atoms with Gasteiger partial charge < -0.3 is 4.74 Å². The maximum absolute atomic E-state index is 11.3. The molecule has 0 bridgehead atoms. The molecule has 1 aromatic carbocycles. The molecule has 0 fully saturated rings. The lowest BCUT2D eigenvalue weighted by atomic mass is 10.0. The number of rotatable bonds is 4. The van der Waals surface area contributed by atoms with E-state index in [2.05, 4.69) is 15.9 Å². The zero-order valence-electron chi connectivity index (χ0n) is 9.20. The highest BCUT2D eigenvalue weighted by atomic mass is 79.9. The zero-order chi connectivity index (χ0) is 12.8. The average molecular weight is 296 g/mol. The SMILES string of the molecule is CCOC(=O)Cc1cc(C#N)cc(C=O)c1Br. The minimum atomic E-state index is -0.389. The van der Waals surface area contributed by atoms with Crippen molar-refractivity contribution in [1.29, 1.82) is 5.26 Å². The summed E-state index contributed by atoms with van der Waals surface area (Å²) in [6.45, 7) is 2.02. The molecule has 0 amide bonds. The smallest absolute Gasteiger partial charge is 0.310 e. The number of nitriles is 1. The van der Waals surface area contributed by atoms with Gasteiger partial charge in [-0.25, -0.2) is 0 Å². The third kappa shape index (κ3) is 3.40. The van der Waals surface area contributed by atoms with Crippen LogP contribution in [0.4, 0.5) is 0 Å². The Morgan fingerprint density at radius 1 is 1.59 bits per heavy atom. The van der Waals surface area contributed by atoms with Crippen LogP contribution in [-0.2, 0) is 16.0 Å². The van der Waals surface area contributed by atoms with Crippen molar-refractivity contribution in [3.63, 3.8) is 0 Å². The van der Waals surface area contributed by atoms with Crippen molar-refractivity contribution >= 4 is 28.2 Å². The van der Waals surface area contributed by atoms with E-state index in [-0.39, 0.29) is 12.4 Å². The van der Waals surface area contributed by atoms with E-state index in [1.165, 1.54) is 6.07 Å². The first-order valence-corrected chi connectivity index (χ1v) is 5.75. The van der Waals surface area contributed by atoms with Gasteiger partial charge in [0.2, 0.25) is 0 Å². The number of halogens is 1. The van der Waals surface area contributed by atoms with E-state index in [1.54, 1.807) is 13.0 Å². The Bertz CT molecular complexity index is 491. The molecule has 1 rings (SSSR count). The van der Waals surface area contributed by atoms with Gasteiger partial charge in [-0.2, -0.15) is 5.26 Å². The van der Waals surface area contributed by atoms with Crippen molar-refractivity contribution in [2.75, 3.05) is 6.61 Å². The molecule has 0 spiro atoms. The summed E-state index contributed by atoms with van der Waals surface area (Å²) in [5.74, 6) is -0.389. The minimum Gasteiger partial charge on any atom is -0.466 e. The van der Waals surface area contributed by atoms with Gasteiger partial charge in [0, 0.05) is 10.0 Å². The van der Waals surface area contributed by atoms with Crippen molar-refractivity contribution in [2.45, 2.75) is 13.3 Å².